The van der Waals surface area contributed by atoms with Crippen molar-refractivity contribution in [3.05, 3.63) is 0 Å². The fourth-order valence-corrected chi connectivity index (χ4v) is 2.91. The molecule has 5 nitrogen and oxygen atoms in total. The van der Waals surface area contributed by atoms with Gasteiger partial charge in [-0.3, -0.25) is 9.59 Å². The van der Waals surface area contributed by atoms with Crippen molar-refractivity contribution in [1.29, 1.82) is 0 Å². The van der Waals surface area contributed by atoms with E-state index in [1.807, 2.05) is 7.05 Å². The van der Waals surface area contributed by atoms with E-state index in [1.54, 1.807) is 11.9 Å². The Balaban J connectivity index is 2.60. The number of hydrogen-bond donors (Lipinski definition) is 2. The summed E-state index contributed by atoms with van der Waals surface area (Å²) in [6.45, 7) is 3.61. The van der Waals surface area contributed by atoms with E-state index in [0.29, 0.717) is 18.9 Å². The molecule has 1 unspecified atom stereocenters. The largest absolute Gasteiger partial charge is 0.481 e. The molecule has 1 aliphatic carbocycles. The van der Waals surface area contributed by atoms with Gasteiger partial charge in [-0.25, -0.2) is 0 Å². The fraction of sp³-hybridized carbons (Fsp3) is 0.857. The smallest absolute Gasteiger partial charge is 0.307 e. The van der Waals surface area contributed by atoms with Crippen molar-refractivity contribution in [3.8, 4) is 0 Å². The first kappa shape index (κ1) is 16.0. The van der Waals surface area contributed by atoms with E-state index in [1.165, 1.54) is 0 Å². The molecule has 0 aromatic carbocycles. The van der Waals surface area contributed by atoms with Crippen LogP contribution in [-0.4, -0.2) is 49.1 Å². The van der Waals surface area contributed by atoms with Gasteiger partial charge in [-0.1, -0.05) is 13.3 Å². The van der Waals surface area contributed by atoms with E-state index in [0.717, 1.165) is 25.8 Å². The minimum atomic E-state index is -0.821. The van der Waals surface area contributed by atoms with E-state index in [4.69, 9.17) is 0 Å². The molecular weight excluding hydrogens is 244 g/mol. The van der Waals surface area contributed by atoms with Crippen molar-refractivity contribution in [3.63, 3.8) is 0 Å². The number of carbonyl (C=O) groups excluding carboxylic acids is 1. The second-order valence-corrected chi connectivity index (χ2v) is 5.51. The van der Waals surface area contributed by atoms with Crippen LogP contribution in [0.2, 0.25) is 0 Å². The SMILES string of the molecule is CCC1C[C@H](C(=O)N(C)CCCNC)[C@H](C(=O)O)C1. The van der Waals surface area contributed by atoms with Gasteiger partial charge in [0.05, 0.1) is 11.8 Å². The minimum absolute atomic E-state index is 0.000506. The molecule has 2 N–H and O–H groups in total. The number of rotatable bonds is 7. The molecule has 0 spiro atoms. The van der Waals surface area contributed by atoms with Crippen LogP contribution in [0.25, 0.3) is 0 Å². The van der Waals surface area contributed by atoms with Gasteiger partial charge in [-0.2, -0.15) is 0 Å². The van der Waals surface area contributed by atoms with Crippen molar-refractivity contribution >= 4 is 11.9 Å². The van der Waals surface area contributed by atoms with Gasteiger partial charge in [0.25, 0.3) is 0 Å². The molecule has 0 radical (unpaired) electrons. The highest BCUT2D eigenvalue weighted by atomic mass is 16.4. The normalized spacial score (nSPS) is 26.4. The summed E-state index contributed by atoms with van der Waals surface area (Å²) >= 11 is 0. The molecule has 0 heterocycles. The molecule has 3 atom stereocenters. The summed E-state index contributed by atoms with van der Waals surface area (Å²) in [5, 5.41) is 12.3. The molecule has 0 aromatic heterocycles. The maximum Gasteiger partial charge on any atom is 0.307 e. The van der Waals surface area contributed by atoms with Crippen molar-refractivity contribution in [1.82, 2.24) is 10.2 Å². The van der Waals surface area contributed by atoms with Gasteiger partial charge in [0.15, 0.2) is 0 Å². The number of nitrogens with zero attached hydrogens (tertiary/aromatic N) is 1. The molecule has 0 aromatic rings. The lowest BCUT2D eigenvalue weighted by Gasteiger charge is -2.23. The monoisotopic (exact) mass is 270 g/mol. The Morgan fingerprint density at radius 1 is 1.32 bits per heavy atom. The molecule has 1 fully saturated rings. The lowest BCUT2D eigenvalue weighted by atomic mass is 9.95. The molecular formula is C14H26N2O3. The second-order valence-electron chi connectivity index (χ2n) is 5.51. The predicted molar refractivity (Wildman–Crippen MR) is 73.8 cm³/mol. The average molecular weight is 270 g/mol. The van der Waals surface area contributed by atoms with E-state index < -0.39 is 11.9 Å². The molecule has 0 aliphatic heterocycles. The summed E-state index contributed by atoms with van der Waals surface area (Å²) < 4.78 is 0. The Kier molecular flexibility index (Phi) is 6.28. The number of carboxylic acids is 1. The summed E-state index contributed by atoms with van der Waals surface area (Å²) in [5.41, 5.74) is 0. The van der Waals surface area contributed by atoms with Crippen LogP contribution >= 0.6 is 0 Å². The Morgan fingerprint density at radius 3 is 2.47 bits per heavy atom. The van der Waals surface area contributed by atoms with Crippen LogP contribution in [-0.2, 0) is 9.59 Å². The molecule has 1 aliphatic rings. The van der Waals surface area contributed by atoms with Gasteiger partial charge in [0.1, 0.15) is 0 Å². The number of hydrogen-bond acceptors (Lipinski definition) is 3. The van der Waals surface area contributed by atoms with E-state index in [2.05, 4.69) is 12.2 Å². The maximum absolute atomic E-state index is 12.4. The van der Waals surface area contributed by atoms with Gasteiger partial charge < -0.3 is 15.3 Å². The van der Waals surface area contributed by atoms with Gasteiger partial charge in [0.2, 0.25) is 5.91 Å². The van der Waals surface area contributed by atoms with Crippen LogP contribution in [0.15, 0.2) is 0 Å². The minimum Gasteiger partial charge on any atom is -0.481 e. The zero-order valence-corrected chi connectivity index (χ0v) is 12.2. The molecule has 5 heteroatoms. The molecule has 1 saturated carbocycles. The lowest BCUT2D eigenvalue weighted by molar-refractivity contribution is -0.148. The Bertz CT molecular complexity index is 320. The Labute approximate surface area is 115 Å². The first-order chi connectivity index (χ1) is 9.01. The van der Waals surface area contributed by atoms with Gasteiger partial charge in [-0.05, 0) is 38.8 Å². The third-order valence-electron chi connectivity index (χ3n) is 4.17. The fourth-order valence-electron chi connectivity index (χ4n) is 2.91. The molecule has 19 heavy (non-hydrogen) atoms. The van der Waals surface area contributed by atoms with E-state index in [9.17, 15) is 14.7 Å². The third kappa shape index (κ3) is 4.20. The highest BCUT2D eigenvalue weighted by Crippen LogP contribution is 2.39. The molecule has 0 saturated heterocycles. The van der Waals surface area contributed by atoms with Crippen LogP contribution in [0.4, 0.5) is 0 Å². The van der Waals surface area contributed by atoms with Gasteiger partial charge in [0, 0.05) is 13.6 Å². The van der Waals surface area contributed by atoms with Crippen LogP contribution in [0.3, 0.4) is 0 Å². The zero-order chi connectivity index (χ0) is 14.4. The summed E-state index contributed by atoms with van der Waals surface area (Å²) in [6, 6.07) is 0. The summed E-state index contributed by atoms with van der Waals surface area (Å²) in [7, 11) is 3.65. The molecule has 1 amide bonds. The number of carbonyl (C=O) groups is 2. The van der Waals surface area contributed by atoms with Crippen molar-refractivity contribution in [2.75, 3.05) is 27.2 Å². The van der Waals surface area contributed by atoms with Crippen LogP contribution < -0.4 is 5.32 Å². The number of amides is 1. The molecule has 110 valence electrons. The van der Waals surface area contributed by atoms with Crippen molar-refractivity contribution < 1.29 is 14.7 Å². The highest BCUT2D eigenvalue weighted by Gasteiger charge is 2.42. The number of nitrogens with one attached hydrogen (secondary N) is 1. The zero-order valence-electron chi connectivity index (χ0n) is 12.2. The topological polar surface area (TPSA) is 69.6 Å². The highest BCUT2D eigenvalue weighted by molar-refractivity contribution is 5.85. The summed E-state index contributed by atoms with van der Waals surface area (Å²) in [4.78, 5) is 25.3. The quantitative estimate of drug-likeness (QED) is 0.682. The lowest BCUT2D eigenvalue weighted by Crippen LogP contribution is -2.37. The van der Waals surface area contributed by atoms with Crippen LogP contribution in [0.1, 0.15) is 32.6 Å². The third-order valence-corrected chi connectivity index (χ3v) is 4.17. The van der Waals surface area contributed by atoms with Gasteiger partial charge in [-0.15, -0.1) is 0 Å². The number of carboxylic acid groups (broad SMARTS) is 1. The van der Waals surface area contributed by atoms with E-state index >= 15 is 0 Å². The Morgan fingerprint density at radius 2 is 1.95 bits per heavy atom. The summed E-state index contributed by atoms with van der Waals surface area (Å²) in [6.07, 6.45) is 3.21. The first-order valence-electron chi connectivity index (χ1n) is 7.13. The summed E-state index contributed by atoms with van der Waals surface area (Å²) in [5.74, 6) is -1.27. The van der Waals surface area contributed by atoms with Crippen molar-refractivity contribution in [2.45, 2.75) is 32.6 Å². The van der Waals surface area contributed by atoms with Crippen LogP contribution in [0, 0.1) is 17.8 Å². The van der Waals surface area contributed by atoms with Crippen LogP contribution in [0.5, 0.6) is 0 Å². The second kappa shape index (κ2) is 7.48. The molecule has 0 bridgehead atoms. The Hall–Kier alpha value is -1.10. The average Bonchev–Trinajstić information content (AvgIpc) is 2.82. The van der Waals surface area contributed by atoms with Gasteiger partial charge >= 0.3 is 5.97 Å². The maximum atomic E-state index is 12.4. The first-order valence-corrected chi connectivity index (χ1v) is 7.13. The van der Waals surface area contributed by atoms with E-state index in [-0.39, 0.29) is 11.8 Å². The number of aliphatic carboxylic acids is 1. The standard InChI is InChI=1S/C14H26N2O3/c1-4-10-8-11(12(9-10)14(18)19)13(17)16(3)7-5-6-15-2/h10-12,15H,4-9H2,1-3H3,(H,18,19)/t10?,11-,12+/m0/s1. The predicted octanol–water partition coefficient (Wildman–Crippen LogP) is 1.19. The van der Waals surface area contributed by atoms with Crippen molar-refractivity contribution in [2.24, 2.45) is 17.8 Å². The molecule has 1 rings (SSSR count).